The number of hydrogen-bond acceptors (Lipinski definition) is 4. The van der Waals surface area contributed by atoms with Crippen LogP contribution in [0.1, 0.15) is 24.2 Å². The van der Waals surface area contributed by atoms with Gasteiger partial charge in [-0.05, 0) is 30.5 Å². The summed E-state index contributed by atoms with van der Waals surface area (Å²) in [5.41, 5.74) is -0.515. The van der Waals surface area contributed by atoms with E-state index in [4.69, 9.17) is 9.15 Å². The molecule has 1 saturated carbocycles. The molecule has 2 aliphatic rings. The number of nitrogens with zero attached hydrogens (tertiary/aromatic N) is 1. The zero-order valence-electron chi connectivity index (χ0n) is 14.8. The minimum atomic E-state index is -4.80. The predicted molar refractivity (Wildman–Crippen MR) is 97.0 cm³/mol. The third kappa shape index (κ3) is 2.77. The summed E-state index contributed by atoms with van der Waals surface area (Å²) in [6, 6.07) is 11.3. The molecule has 0 saturated heterocycles. The van der Waals surface area contributed by atoms with E-state index in [1.165, 1.54) is 18.2 Å². The zero-order valence-corrected chi connectivity index (χ0v) is 14.8. The Balaban J connectivity index is 1.79. The van der Waals surface area contributed by atoms with Crippen molar-refractivity contribution in [2.45, 2.75) is 31.6 Å². The number of hydrogen-bond donors (Lipinski definition) is 0. The Kier molecular flexibility index (Phi) is 3.77. The van der Waals surface area contributed by atoms with Crippen molar-refractivity contribution in [1.29, 1.82) is 0 Å². The molecule has 0 bridgehead atoms. The first-order chi connectivity index (χ1) is 13.4. The Morgan fingerprint density at radius 1 is 1.04 bits per heavy atom. The van der Waals surface area contributed by atoms with E-state index >= 15 is 0 Å². The van der Waals surface area contributed by atoms with Gasteiger partial charge in [-0.1, -0.05) is 30.3 Å². The minimum Gasteiger partial charge on any atom is -0.478 e. The van der Waals surface area contributed by atoms with E-state index in [1.807, 2.05) is 0 Å². The monoisotopic (exact) mass is 387 g/mol. The Morgan fingerprint density at radius 2 is 1.79 bits per heavy atom. The van der Waals surface area contributed by atoms with Crippen LogP contribution in [0.2, 0.25) is 0 Å². The molecule has 144 valence electrons. The van der Waals surface area contributed by atoms with E-state index in [2.05, 4.69) is 4.90 Å². The highest BCUT2D eigenvalue weighted by molar-refractivity contribution is 5.87. The number of alkyl halides is 3. The number of ether oxygens (including phenoxy) is 1. The van der Waals surface area contributed by atoms with Crippen molar-refractivity contribution < 1.29 is 22.3 Å². The van der Waals surface area contributed by atoms with Crippen molar-refractivity contribution in [3.8, 4) is 16.9 Å². The molecule has 2 aromatic carbocycles. The van der Waals surface area contributed by atoms with Gasteiger partial charge in [-0.3, -0.25) is 9.69 Å². The molecule has 1 fully saturated rings. The van der Waals surface area contributed by atoms with E-state index in [0.29, 0.717) is 30.6 Å². The molecule has 28 heavy (non-hydrogen) atoms. The molecule has 1 aliphatic carbocycles. The SMILES string of the molecule is O=c1c(-c2ccccc2)c(C(F)(F)F)oc2c3c(ccc12)OCN(C1CC1)C3. The normalized spacial score (nSPS) is 17.4. The Hall–Kier alpha value is -2.80. The lowest BCUT2D eigenvalue weighted by Gasteiger charge is -2.29. The molecule has 1 aliphatic heterocycles. The second-order valence-electron chi connectivity index (χ2n) is 7.17. The smallest absolute Gasteiger partial charge is 0.450 e. The second-order valence-corrected chi connectivity index (χ2v) is 7.17. The number of halogens is 3. The van der Waals surface area contributed by atoms with Crippen LogP contribution in [0.25, 0.3) is 22.1 Å². The van der Waals surface area contributed by atoms with Crippen LogP contribution in [0.4, 0.5) is 13.2 Å². The molecule has 0 spiro atoms. The fraction of sp³-hybridized carbons (Fsp3) is 0.286. The molecule has 3 aromatic rings. The van der Waals surface area contributed by atoms with Crippen LogP contribution in [0, 0.1) is 0 Å². The second kappa shape index (κ2) is 6.10. The van der Waals surface area contributed by atoms with Gasteiger partial charge in [0.25, 0.3) is 0 Å². The van der Waals surface area contributed by atoms with Crippen LogP contribution in [-0.2, 0) is 12.7 Å². The molecule has 0 unspecified atom stereocenters. The Morgan fingerprint density at radius 3 is 2.46 bits per heavy atom. The summed E-state index contributed by atoms with van der Waals surface area (Å²) in [5.74, 6) is -0.804. The van der Waals surface area contributed by atoms with E-state index in [1.54, 1.807) is 24.3 Å². The Bertz CT molecular complexity index is 1120. The first-order valence-electron chi connectivity index (χ1n) is 9.05. The third-order valence-electron chi connectivity index (χ3n) is 5.25. The van der Waals surface area contributed by atoms with Gasteiger partial charge in [-0.15, -0.1) is 0 Å². The van der Waals surface area contributed by atoms with Gasteiger partial charge in [-0.25, -0.2) is 0 Å². The first kappa shape index (κ1) is 17.3. The van der Waals surface area contributed by atoms with Crippen molar-refractivity contribution in [3.05, 3.63) is 64.0 Å². The molecule has 5 rings (SSSR count). The van der Waals surface area contributed by atoms with Gasteiger partial charge in [0, 0.05) is 12.6 Å². The first-order valence-corrected chi connectivity index (χ1v) is 9.05. The number of rotatable bonds is 2. The van der Waals surface area contributed by atoms with Gasteiger partial charge in [0.2, 0.25) is 11.2 Å². The van der Waals surface area contributed by atoms with Gasteiger partial charge in [-0.2, -0.15) is 13.2 Å². The average molecular weight is 387 g/mol. The molecule has 0 amide bonds. The van der Waals surface area contributed by atoms with Crippen molar-refractivity contribution >= 4 is 11.0 Å². The average Bonchev–Trinajstić information content (AvgIpc) is 3.52. The van der Waals surface area contributed by atoms with Crippen LogP contribution in [0.3, 0.4) is 0 Å². The van der Waals surface area contributed by atoms with Gasteiger partial charge < -0.3 is 9.15 Å². The predicted octanol–water partition coefficient (Wildman–Crippen LogP) is 4.79. The van der Waals surface area contributed by atoms with Gasteiger partial charge >= 0.3 is 6.18 Å². The van der Waals surface area contributed by atoms with Crippen molar-refractivity contribution in [1.82, 2.24) is 4.90 Å². The number of benzene rings is 2. The third-order valence-corrected chi connectivity index (χ3v) is 5.25. The Labute approximate surface area is 158 Å². The maximum absolute atomic E-state index is 13.8. The fourth-order valence-corrected chi connectivity index (χ4v) is 3.72. The van der Waals surface area contributed by atoms with E-state index in [0.717, 1.165) is 12.8 Å². The molecule has 0 N–H and O–H groups in total. The highest BCUT2D eigenvalue weighted by atomic mass is 19.4. The van der Waals surface area contributed by atoms with Crippen LogP contribution in [0.15, 0.2) is 51.7 Å². The molecular weight excluding hydrogens is 371 g/mol. The van der Waals surface area contributed by atoms with E-state index < -0.39 is 22.9 Å². The largest absolute Gasteiger partial charge is 0.478 e. The molecule has 7 heteroatoms. The summed E-state index contributed by atoms with van der Waals surface area (Å²) < 4.78 is 52.6. The highest BCUT2D eigenvalue weighted by Crippen LogP contribution is 2.41. The summed E-state index contributed by atoms with van der Waals surface area (Å²) in [4.78, 5) is 15.2. The van der Waals surface area contributed by atoms with Crippen molar-refractivity contribution in [3.63, 3.8) is 0 Å². The van der Waals surface area contributed by atoms with Crippen molar-refractivity contribution in [2.75, 3.05) is 6.73 Å². The van der Waals surface area contributed by atoms with Gasteiger partial charge in [0.15, 0.2) is 0 Å². The topological polar surface area (TPSA) is 42.7 Å². The van der Waals surface area contributed by atoms with Crippen LogP contribution in [-0.4, -0.2) is 17.7 Å². The van der Waals surface area contributed by atoms with Crippen LogP contribution >= 0.6 is 0 Å². The van der Waals surface area contributed by atoms with Crippen molar-refractivity contribution in [2.24, 2.45) is 0 Å². The molecule has 2 heterocycles. The van der Waals surface area contributed by atoms with Gasteiger partial charge in [0.1, 0.15) is 18.1 Å². The van der Waals surface area contributed by atoms with Crippen LogP contribution < -0.4 is 10.2 Å². The lowest BCUT2D eigenvalue weighted by atomic mass is 10.00. The quantitative estimate of drug-likeness (QED) is 0.634. The fourth-order valence-electron chi connectivity index (χ4n) is 3.72. The maximum atomic E-state index is 13.8. The summed E-state index contributed by atoms with van der Waals surface area (Å²) in [7, 11) is 0. The highest BCUT2D eigenvalue weighted by Gasteiger charge is 2.40. The zero-order chi connectivity index (χ0) is 19.5. The van der Waals surface area contributed by atoms with Crippen LogP contribution in [0.5, 0.6) is 5.75 Å². The molecule has 4 nitrogen and oxygen atoms in total. The summed E-state index contributed by atoms with van der Waals surface area (Å²) in [5, 5.41) is 0.131. The minimum absolute atomic E-state index is 0.0418. The summed E-state index contributed by atoms with van der Waals surface area (Å²) in [6.45, 7) is 0.796. The molecular formula is C21H16F3NO3. The standard InChI is InChI=1S/C21H16F3NO3/c22-21(23,24)20-17(12-4-2-1-3-5-12)18(26)14-8-9-16-15(19(14)28-20)10-25(11-27-16)13-6-7-13/h1-5,8-9,13H,6-7,10-11H2. The molecule has 0 atom stereocenters. The number of fused-ring (bicyclic) bond motifs is 3. The summed E-state index contributed by atoms with van der Waals surface area (Å²) in [6.07, 6.45) is -2.72. The maximum Gasteiger partial charge on any atom is 0.450 e. The summed E-state index contributed by atoms with van der Waals surface area (Å²) >= 11 is 0. The van der Waals surface area contributed by atoms with Gasteiger partial charge in [0.05, 0.1) is 16.5 Å². The lowest BCUT2D eigenvalue weighted by Crippen LogP contribution is -2.34. The molecule has 1 aromatic heterocycles. The van der Waals surface area contributed by atoms with E-state index in [-0.39, 0.29) is 16.5 Å². The van der Waals surface area contributed by atoms with E-state index in [9.17, 15) is 18.0 Å². The lowest BCUT2D eigenvalue weighted by molar-refractivity contribution is -0.152. The molecule has 0 radical (unpaired) electrons.